The maximum atomic E-state index is 12.3. The van der Waals surface area contributed by atoms with Crippen molar-refractivity contribution in [2.45, 2.75) is 13.3 Å². The molecule has 0 heterocycles. The molecule has 2 rings (SSSR count). The minimum absolute atomic E-state index is 0.295. The Morgan fingerprint density at radius 1 is 1.12 bits per heavy atom. The number of carbonyl (C=O) groups excluding carboxylic acids is 1. The molecule has 0 unspecified atom stereocenters. The highest BCUT2D eigenvalue weighted by Crippen LogP contribution is 2.27. The second-order valence-corrected chi connectivity index (χ2v) is 8.08. The van der Waals surface area contributed by atoms with E-state index < -0.39 is 15.9 Å². The molecule has 0 aromatic heterocycles. The number of nitrogens with zero attached hydrogens (tertiary/aromatic N) is 1. The Balaban J connectivity index is 2.17. The zero-order chi connectivity index (χ0) is 17.7. The number of sulfonamides is 1. The number of hydrogen-bond donors (Lipinski definition) is 1. The van der Waals surface area contributed by atoms with Crippen LogP contribution in [0.4, 0.5) is 11.4 Å². The van der Waals surface area contributed by atoms with Crippen LogP contribution in [0.25, 0.3) is 0 Å². The van der Waals surface area contributed by atoms with Gasteiger partial charge in [-0.25, -0.2) is 8.42 Å². The van der Waals surface area contributed by atoms with Gasteiger partial charge in [-0.3, -0.25) is 9.10 Å². The van der Waals surface area contributed by atoms with Gasteiger partial charge in [0, 0.05) is 10.2 Å². The lowest BCUT2D eigenvalue weighted by molar-refractivity contribution is -0.114. The molecule has 5 nitrogen and oxygen atoms in total. The smallest absolute Gasteiger partial charge is 0.245 e. The second kappa shape index (κ2) is 7.81. The quantitative estimate of drug-likeness (QED) is 0.792. The van der Waals surface area contributed by atoms with Gasteiger partial charge in [-0.2, -0.15) is 0 Å². The van der Waals surface area contributed by atoms with E-state index in [0.29, 0.717) is 15.8 Å². The fourth-order valence-corrected chi connectivity index (χ4v) is 3.67. The van der Waals surface area contributed by atoms with E-state index in [0.717, 1.165) is 17.0 Å². The van der Waals surface area contributed by atoms with Crippen LogP contribution in [0.15, 0.2) is 53.0 Å². The minimum atomic E-state index is -3.60. The fraction of sp³-hybridized carbons (Fsp3) is 0.235. The maximum absolute atomic E-state index is 12.3. The van der Waals surface area contributed by atoms with Crippen molar-refractivity contribution in [2.24, 2.45) is 0 Å². The summed E-state index contributed by atoms with van der Waals surface area (Å²) in [5, 5.41) is 2.72. The molecule has 24 heavy (non-hydrogen) atoms. The van der Waals surface area contributed by atoms with Gasteiger partial charge in [0.15, 0.2) is 0 Å². The topological polar surface area (TPSA) is 66.5 Å². The van der Waals surface area contributed by atoms with E-state index in [2.05, 4.69) is 28.2 Å². The predicted octanol–water partition coefficient (Wildman–Crippen LogP) is 3.42. The highest BCUT2D eigenvalue weighted by Gasteiger charge is 2.22. The van der Waals surface area contributed by atoms with Gasteiger partial charge in [0.25, 0.3) is 0 Å². The van der Waals surface area contributed by atoms with Crippen LogP contribution in [0.2, 0.25) is 0 Å². The summed E-state index contributed by atoms with van der Waals surface area (Å²) in [6.45, 7) is 1.76. The lowest BCUT2D eigenvalue weighted by atomic mass is 10.1. The number of carbonyl (C=O) groups is 1. The van der Waals surface area contributed by atoms with Crippen LogP contribution in [0.1, 0.15) is 12.5 Å². The van der Waals surface area contributed by atoms with E-state index >= 15 is 0 Å². The van der Waals surface area contributed by atoms with E-state index in [9.17, 15) is 13.2 Å². The van der Waals surface area contributed by atoms with E-state index in [1.807, 2.05) is 12.1 Å². The summed E-state index contributed by atoms with van der Waals surface area (Å²) in [5.74, 6) is -0.402. The van der Waals surface area contributed by atoms with Gasteiger partial charge in [-0.1, -0.05) is 31.2 Å². The van der Waals surface area contributed by atoms with Crippen LogP contribution >= 0.6 is 15.9 Å². The van der Waals surface area contributed by atoms with Crippen LogP contribution in [0.5, 0.6) is 0 Å². The summed E-state index contributed by atoms with van der Waals surface area (Å²) >= 11 is 3.32. The summed E-state index contributed by atoms with van der Waals surface area (Å²) < 4.78 is 25.8. The molecule has 2 aromatic carbocycles. The third kappa shape index (κ3) is 4.82. The highest BCUT2D eigenvalue weighted by atomic mass is 79.9. The lowest BCUT2D eigenvalue weighted by Crippen LogP contribution is -2.37. The van der Waals surface area contributed by atoms with Gasteiger partial charge in [0.05, 0.1) is 11.9 Å². The third-order valence-electron chi connectivity index (χ3n) is 3.45. The number of rotatable bonds is 6. The molecule has 0 radical (unpaired) electrons. The zero-order valence-corrected chi connectivity index (χ0v) is 15.9. The zero-order valence-electron chi connectivity index (χ0n) is 13.5. The van der Waals surface area contributed by atoms with Gasteiger partial charge in [0.1, 0.15) is 6.54 Å². The molecule has 0 saturated heterocycles. The molecule has 1 amide bonds. The van der Waals surface area contributed by atoms with E-state index in [-0.39, 0.29) is 6.54 Å². The molecular formula is C17H19BrN2O3S. The van der Waals surface area contributed by atoms with Crippen LogP contribution in [0.3, 0.4) is 0 Å². The molecular weight excluding hydrogens is 392 g/mol. The Kier molecular flexibility index (Phi) is 6.01. The number of halogens is 1. The van der Waals surface area contributed by atoms with Crippen molar-refractivity contribution in [3.05, 3.63) is 58.6 Å². The maximum Gasteiger partial charge on any atom is 0.245 e. The van der Waals surface area contributed by atoms with Crippen molar-refractivity contribution in [1.82, 2.24) is 0 Å². The molecule has 7 heteroatoms. The SMILES string of the molecule is CCc1ccc(NC(=O)CN(c2ccccc2Br)S(C)(=O)=O)cc1. The average Bonchev–Trinajstić information content (AvgIpc) is 2.53. The Hall–Kier alpha value is -1.86. The molecule has 0 atom stereocenters. The molecule has 1 N–H and O–H groups in total. The summed E-state index contributed by atoms with van der Waals surface area (Å²) in [6, 6.07) is 14.3. The van der Waals surface area contributed by atoms with E-state index in [1.165, 1.54) is 5.56 Å². The van der Waals surface area contributed by atoms with Gasteiger partial charge in [-0.15, -0.1) is 0 Å². The number of anilines is 2. The first kappa shape index (κ1) is 18.5. The molecule has 0 aliphatic carbocycles. The van der Waals surface area contributed by atoms with Crippen molar-refractivity contribution < 1.29 is 13.2 Å². The highest BCUT2D eigenvalue weighted by molar-refractivity contribution is 9.10. The fourth-order valence-electron chi connectivity index (χ4n) is 2.19. The average molecular weight is 411 g/mol. The van der Waals surface area contributed by atoms with E-state index in [4.69, 9.17) is 0 Å². The summed E-state index contributed by atoms with van der Waals surface area (Å²) in [7, 11) is -3.60. The van der Waals surface area contributed by atoms with Crippen molar-refractivity contribution in [1.29, 1.82) is 0 Å². The Bertz CT molecular complexity index is 820. The molecule has 2 aromatic rings. The van der Waals surface area contributed by atoms with Crippen molar-refractivity contribution >= 4 is 43.2 Å². The first-order chi connectivity index (χ1) is 11.3. The van der Waals surface area contributed by atoms with Gasteiger partial charge in [0.2, 0.25) is 15.9 Å². The standard InChI is InChI=1S/C17H19BrN2O3S/c1-3-13-8-10-14(11-9-13)19-17(21)12-20(24(2,22)23)16-7-5-4-6-15(16)18/h4-11H,3,12H2,1-2H3,(H,19,21). The molecule has 0 spiro atoms. The molecule has 0 aliphatic heterocycles. The third-order valence-corrected chi connectivity index (χ3v) is 5.25. The Morgan fingerprint density at radius 3 is 2.29 bits per heavy atom. The van der Waals surface area contributed by atoms with Crippen molar-refractivity contribution in [3.63, 3.8) is 0 Å². The Labute approximate surface area is 150 Å². The Morgan fingerprint density at radius 2 is 1.75 bits per heavy atom. The normalized spacial score (nSPS) is 11.1. The number of hydrogen-bond acceptors (Lipinski definition) is 3. The van der Waals surface area contributed by atoms with Crippen molar-refractivity contribution in [2.75, 3.05) is 22.4 Å². The van der Waals surface area contributed by atoms with Gasteiger partial charge < -0.3 is 5.32 Å². The molecule has 0 bridgehead atoms. The second-order valence-electron chi connectivity index (χ2n) is 5.32. The van der Waals surface area contributed by atoms with Crippen LogP contribution in [-0.2, 0) is 21.2 Å². The molecule has 0 fully saturated rings. The van der Waals surface area contributed by atoms with E-state index in [1.54, 1.807) is 36.4 Å². The van der Waals surface area contributed by atoms with Crippen LogP contribution in [0, 0.1) is 0 Å². The molecule has 0 aliphatic rings. The number of para-hydroxylation sites is 1. The minimum Gasteiger partial charge on any atom is -0.325 e. The lowest BCUT2D eigenvalue weighted by Gasteiger charge is -2.23. The molecule has 0 saturated carbocycles. The van der Waals surface area contributed by atoms with Crippen LogP contribution < -0.4 is 9.62 Å². The summed E-state index contributed by atoms with van der Waals surface area (Å²) in [4.78, 5) is 12.3. The first-order valence-electron chi connectivity index (χ1n) is 7.42. The number of amides is 1. The van der Waals surface area contributed by atoms with Gasteiger partial charge >= 0.3 is 0 Å². The number of benzene rings is 2. The molecule has 128 valence electrons. The largest absolute Gasteiger partial charge is 0.325 e. The summed E-state index contributed by atoms with van der Waals surface area (Å²) in [6.07, 6.45) is 1.99. The predicted molar refractivity (Wildman–Crippen MR) is 101 cm³/mol. The summed E-state index contributed by atoms with van der Waals surface area (Å²) in [5.41, 5.74) is 2.23. The number of nitrogens with one attached hydrogen (secondary N) is 1. The first-order valence-corrected chi connectivity index (χ1v) is 10.1. The van der Waals surface area contributed by atoms with Gasteiger partial charge in [-0.05, 0) is 52.2 Å². The monoisotopic (exact) mass is 410 g/mol. The van der Waals surface area contributed by atoms with Crippen molar-refractivity contribution in [3.8, 4) is 0 Å². The number of aryl methyl sites for hydroxylation is 1. The van der Waals surface area contributed by atoms with Crippen LogP contribution in [-0.4, -0.2) is 27.1 Å².